The second-order valence-corrected chi connectivity index (χ2v) is 9.08. The van der Waals surface area contributed by atoms with Crippen molar-refractivity contribution in [2.24, 2.45) is 0 Å². The number of aromatic nitrogens is 1. The molecule has 0 saturated heterocycles. The van der Waals surface area contributed by atoms with Gasteiger partial charge in [0.25, 0.3) is 5.91 Å². The highest BCUT2D eigenvalue weighted by molar-refractivity contribution is 7.17. The molecule has 1 aliphatic carbocycles. The number of nitrogens with zero attached hydrogens (tertiary/aromatic N) is 1. The van der Waals surface area contributed by atoms with Crippen molar-refractivity contribution < 1.29 is 28.6 Å². The summed E-state index contributed by atoms with van der Waals surface area (Å²) in [5.74, 6) is 0.375. The van der Waals surface area contributed by atoms with E-state index in [1.165, 1.54) is 0 Å². The van der Waals surface area contributed by atoms with E-state index in [-0.39, 0.29) is 19.0 Å². The minimum atomic E-state index is -0.463. The molecule has 1 aliphatic rings. The molecule has 3 aromatic rings. The second-order valence-electron chi connectivity index (χ2n) is 8.09. The summed E-state index contributed by atoms with van der Waals surface area (Å²) < 4.78 is 15.9. The van der Waals surface area contributed by atoms with E-state index in [0.717, 1.165) is 40.2 Å². The molecule has 1 aromatic heterocycles. The molecule has 9 heteroatoms. The highest BCUT2D eigenvalue weighted by Crippen LogP contribution is 2.30. The SMILES string of the molecule is CCOC(=O)c1sc(NC(=O)COc2cccc(/C=C3\CCc4cc(OC)ccc4C3=O)c2)nc1C. The number of esters is 1. The van der Waals surface area contributed by atoms with E-state index < -0.39 is 11.9 Å². The van der Waals surface area contributed by atoms with E-state index in [2.05, 4.69) is 10.3 Å². The average Bonchev–Trinajstić information content (AvgIpc) is 3.24. The van der Waals surface area contributed by atoms with Crippen LogP contribution in [-0.4, -0.2) is 43.0 Å². The van der Waals surface area contributed by atoms with Crippen molar-refractivity contribution >= 4 is 40.2 Å². The highest BCUT2D eigenvalue weighted by atomic mass is 32.1. The fourth-order valence-electron chi connectivity index (χ4n) is 3.85. The summed E-state index contributed by atoms with van der Waals surface area (Å²) in [4.78, 5) is 41.8. The first-order valence-electron chi connectivity index (χ1n) is 11.5. The molecule has 1 heterocycles. The predicted molar refractivity (Wildman–Crippen MR) is 137 cm³/mol. The van der Waals surface area contributed by atoms with E-state index >= 15 is 0 Å². The maximum Gasteiger partial charge on any atom is 0.350 e. The Morgan fingerprint density at radius 1 is 1.14 bits per heavy atom. The van der Waals surface area contributed by atoms with Gasteiger partial charge >= 0.3 is 5.97 Å². The summed E-state index contributed by atoms with van der Waals surface area (Å²) >= 11 is 1.06. The number of methoxy groups -OCH3 is 1. The number of aryl methyl sites for hydroxylation is 2. The average molecular weight is 507 g/mol. The Morgan fingerprint density at radius 2 is 1.97 bits per heavy atom. The molecule has 4 rings (SSSR count). The number of nitrogens with one attached hydrogen (secondary N) is 1. The standard InChI is InChI=1S/C27H26N2O6S/c1-4-34-26(32)25-16(2)28-27(36-25)29-23(30)15-35-21-7-5-6-17(13-21)12-19-9-8-18-14-20(33-3)10-11-22(18)24(19)31/h5-7,10-14H,4,8-9,15H2,1-3H3,(H,28,29,30)/b19-12+. The fourth-order valence-corrected chi connectivity index (χ4v) is 4.73. The summed E-state index contributed by atoms with van der Waals surface area (Å²) in [7, 11) is 1.61. The molecule has 0 spiro atoms. The van der Waals surface area contributed by atoms with Crippen LogP contribution in [0.15, 0.2) is 48.0 Å². The molecular weight excluding hydrogens is 480 g/mol. The van der Waals surface area contributed by atoms with E-state index in [1.54, 1.807) is 45.2 Å². The van der Waals surface area contributed by atoms with Crippen molar-refractivity contribution in [3.8, 4) is 11.5 Å². The number of hydrogen-bond acceptors (Lipinski definition) is 8. The van der Waals surface area contributed by atoms with Gasteiger partial charge in [-0.25, -0.2) is 9.78 Å². The van der Waals surface area contributed by atoms with Crippen LogP contribution < -0.4 is 14.8 Å². The monoisotopic (exact) mass is 506 g/mol. The first kappa shape index (κ1) is 25.1. The lowest BCUT2D eigenvalue weighted by Gasteiger charge is -2.18. The zero-order valence-corrected chi connectivity index (χ0v) is 21.1. The number of benzene rings is 2. The van der Waals surface area contributed by atoms with Gasteiger partial charge in [-0.2, -0.15) is 0 Å². The number of ether oxygens (including phenoxy) is 3. The summed E-state index contributed by atoms with van der Waals surface area (Å²) in [6.07, 6.45) is 3.25. The third-order valence-electron chi connectivity index (χ3n) is 5.59. The second kappa shape index (κ2) is 11.2. The minimum absolute atomic E-state index is 0.00512. The third kappa shape index (κ3) is 5.80. The molecule has 0 atom stereocenters. The first-order chi connectivity index (χ1) is 17.4. The van der Waals surface area contributed by atoms with E-state index in [4.69, 9.17) is 14.2 Å². The summed E-state index contributed by atoms with van der Waals surface area (Å²) in [6.45, 7) is 3.44. The number of thiazole rings is 1. The van der Waals surface area contributed by atoms with Crippen molar-refractivity contribution in [2.45, 2.75) is 26.7 Å². The predicted octanol–water partition coefficient (Wildman–Crippen LogP) is 4.87. The first-order valence-corrected chi connectivity index (χ1v) is 12.3. The third-order valence-corrected chi connectivity index (χ3v) is 6.64. The lowest BCUT2D eigenvalue weighted by atomic mass is 9.86. The number of rotatable bonds is 8. The van der Waals surface area contributed by atoms with Crippen molar-refractivity contribution in [3.63, 3.8) is 0 Å². The molecule has 0 aliphatic heterocycles. The van der Waals surface area contributed by atoms with Gasteiger partial charge in [0.05, 0.1) is 19.4 Å². The Hall–Kier alpha value is -3.98. The van der Waals surface area contributed by atoms with E-state index in [0.29, 0.717) is 33.4 Å². The molecule has 0 fully saturated rings. The number of Topliss-reactive ketones (excluding diaryl/α,β-unsaturated/α-hetero) is 1. The Labute approximate surface area is 212 Å². The number of carbonyl (C=O) groups is 3. The van der Waals surface area contributed by atoms with Gasteiger partial charge in [0, 0.05) is 11.1 Å². The smallest absolute Gasteiger partial charge is 0.350 e. The Bertz CT molecular complexity index is 1340. The number of allylic oxidation sites excluding steroid dienone is 1. The number of amides is 1. The maximum atomic E-state index is 13.0. The number of carbonyl (C=O) groups excluding carboxylic acids is 3. The van der Waals surface area contributed by atoms with E-state index in [1.807, 2.05) is 24.3 Å². The topological polar surface area (TPSA) is 104 Å². The fraction of sp³-hybridized carbons (Fsp3) is 0.259. The largest absolute Gasteiger partial charge is 0.497 e. The van der Waals surface area contributed by atoms with Crippen LogP contribution in [0.1, 0.15) is 50.2 Å². The highest BCUT2D eigenvalue weighted by Gasteiger charge is 2.22. The number of fused-ring (bicyclic) bond motifs is 1. The van der Waals surface area contributed by atoms with Crippen LogP contribution in [0.25, 0.3) is 6.08 Å². The van der Waals surface area contributed by atoms with Crippen LogP contribution in [0, 0.1) is 6.92 Å². The number of ketones is 1. The van der Waals surface area contributed by atoms with Crippen LogP contribution in [0.3, 0.4) is 0 Å². The van der Waals surface area contributed by atoms with Gasteiger partial charge in [0.2, 0.25) is 0 Å². The Kier molecular flexibility index (Phi) is 7.80. The lowest BCUT2D eigenvalue weighted by Crippen LogP contribution is -2.20. The van der Waals surface area contributed by atoms with Crippen molar-refractivity contribution in [2.75, 3.05) is 25.6 Å². The van der Waals surface area contributed by atoms with Gasteiger partial charge in [-0.3, -0.25) is 14.9 Å². The zero-order chi connectivity index (χ0) is 25.7. The van der Waals surface area contributed by atoms with Gasteiger partial charge in [-0.05, 0) is 74.2 Å². The molecule has 0 saturated carbocycles. The molecule has 0 unspecified atom stereocenters. The van der Waals surface area contributed by atoms with Crippen molar-refractivity contribution in [1.29, 1.82) is 0 Å². The van der Waals surface area contributed by atoms with Crippen LogP contribution in [0.4, 0.5) is 5.13 Å². The Balaban J connectivity index is 1.38. The van der Waals surface area contributed by atoms with Crippen LogP contribution in [0.5, 0.6) is 11.5 Å². The molecular formula is C27H26N2O6S. The van der Waals surface area contributed by atoms with Gasteiger partial charge < -0.3 is 14.2 Å². The Morgan fingerprint density at radius 3 is 2.75 bits per heavy atom. The van der Waals surface area contributed by atoms with Crippen LogP contribution >= 0.6 is 11.3 Å². The summed E-state index contributed by atoms with van der Waals surface area (Å²) in [5, 5.41) is 2.95. The van der Waals surface area contributed by atoms with Gasteiger partial charge in [-0.15, -0.1) is 0 Å². The normalized spacial score (nSPS) is 13.8. The maximum absolute atomic E-state index is 13.0. The molecule has 0 radical (unpaired) electrons. The number of hydrogen-bond donors (Lipinski definition) is 1. The van der Waals surface area contributed by atoms with Gasteiger partial charge in [0.1, 0.15) is 16.4 Å². The zero-order valence-electron chi connectivity index (χ0n) is 20.3. The molecule has 8 nitrogen and oxygen atoms in total. The summed E-state index contributed by atoms with van der Waals surface area (Å²) in [6, 6.07) is 12.7. The molecule has 186 valence electrons. The van der Waals surface area contributed by atoms with Gasteiger partial charge in [-0.1, -0.05) is 23.5 Å². The van der Waals surface area contributed by atoms with Crippen LogP contribution in [0.2, 0.25) is 0 Å². The van der Waals surface area contributed by atoms with Crippen LogP contribution in [-0.2, 0) is 16.0 Å². The molecule has 0 bridgehead atoms. The van der Waals surface area contributed by atoms with Crippen molar-refractivity contribution in [3.05, 3.63) is 75.3 Å². The minimum Gasteiger partial charge on any atom is -0.497 e. The molecule has 36 heavy (non-hydrogen) atoms. The van der Waals surface area contributed by atoms with Crippen molar-refractivity contribution in [1.82, 2.24) is 4.98 Å². The summed E-state index contributed by atoms with van der Waals surface area (Å²) in [5.41, 5.74) is 3.71. The molecule has 1 amide bonds. The molecule has 1 N–H and O–H groups in total. The lowest BCUT2D eigenvalue weighted by molar-refractivity contribution is -0.118. The quantitative estimate of drug-likeness (QED) is 0.343. The molecule has 2 aromatic carbocycles. The number of anilines is 1. The van der Waals surface area contributed by atoms with E-state index in [9.17, 15) is 14.4 Å². The van der Waals surface area contributed by atoms with Gasteiger partial charge in [0.15, 0.2) is 17.5 Å².